The summed E-state index contributed by atoms with van der Waals surface area (Å²) in [7, 11) is 0. The number of aryl methyl sites for hydroxylation is 2. The van der Waals surface area contributed by atoms with Crippen LogP contribution in [0.4, 0.5) is 0 Å². The van der Waals surface area contributed by atoms with Gasteiger partial charge in [-0.05, 0) is 37.8 Å². The number of hydrogen-bond donors (Lipinski definition) is 0. The van der Waals surface area contributed by atoms with Crippen molar-refractivity contribution in [3.05, 3.63) is 47.2 Å². The summed E-state index contributed by atoms with van der Waals surface area (Å²) >= 11 is 0. The van der Waals surface area contributed by atoms with E-state index in [9.17, 15) is 0 Å². The SMILES string of the molecule is Cc1noc(C)c1-c1cccc([C]2CC2)c1. The van der Waals surface area contributed by atoms with Crippen LogP contribution in [-0.4, -0.2) is 5.16 Å². The molecule has 2 aromatic rings. The normalized spacial score (nSPS) is 15.4. The lowest BCUT2D eigenvalue weighted by Gasteiger charge is -2.03. The predicted octanol–water partition coefficient (Wildman–Crippen LogP) is 3.67. The van der Waals surface area contributed by atoms with E-state index < -0.39 is 0 Å². The molecule has 1 radical (unpaired) electrons. The number of hydrogen-bond acceptors (Lipinski definition) is 2. The first kappa shape index (κ1) is 9.64. The minimum atomic E-state index is 0.899. The van der Waals surface area contributed by atoms with Crippen LogP contribution in [0.5, 0.6) is 0 Å². The van der Waals surface area contributed by atoms with Gasteiger partial charge in [-0.25, -0.2) is 0 Å². The summed E-state index contributed by atoms with van der Waals surface area (Å²) in [6, 6.07) is 8.67. The smallest absolute Gasteiger partial charge is 0.141 e. The fourth-order valence-corrected chi connectivity index (χ4v) is 2.14. The molecule has 1 aliphatic carbocycles. The van der Waals surface area contributed by atoms with E-state index in [1.54, 1.807) is 5.92 Å². The van der Waals surface area contributed by atoms with Crippen LogP contribution < -0.4 is 0 Å². The predicted molar refractivity (Wildman–Crippen MR) is 63.0 cm³/mol. The summed E-state index contributed by atoms with van der Waals surface area (Å²) in [5.41, 5.74) is 4.70. The van der Waals surface area contributed by atoms with Gasteiger partial charge in [0.2, 0.25) is 0 Å². The fourth-order valence-electron chi connectivity index (χ4n) is 2.14. The molecule has 1 aromatic heterocycles. The minimum absolute atomic E-state index is 0.899. The van der Waals surface area contributed by atoms with Crippen LogP contribution in [-0.2, 0) is 0 Å². The van der Waals surface area contributed by atoms with Crippen molar-refractivity contribution in [3.8, 4) is 11.1 Å². The van der Waals surface area contributed by atoms with E-state index in [4.69, 9.17) is 4.52 Å². The molecule has 1 heterocycles. The third kappa shape index (κ3) is 1.54. The first-order valence-electron chi connectivity index (χ1n) is 5.64. The van der Waals surface area contributed by atoms with E-state index in [-0.39, 0.29) is 0 Å². The van der Waals surface area contributed by atoms with Crippen molar-refractivity contribution in [2.45, 2.75) is 26.7 Å². The van der Waals surface area contributed by atoms with Crippen LogP contribution in [0.25, 0.3) is 11.1 Å². The second-order valence-electron chi connectivity index (χ2n) is 4.38. The zero-order valence-electron chi connectivity index (χ0n) is 9.58. The molecule has 0 spiro atoms. The first-order chi connectivity index (χ1) is 7.75. The molecular weight excluding hydrogens is 198 g/mol. The van der Waals surface area contributed by atoms with Gasteiger partial charge in [-0.15, -0.1) is 0 Å². The summed E-state index contributed by atoms with van der Waals surface area (Å²) in [4.78, 5) is 0. The highest BCUT2D eigenvalue weighted by Crippen LogP contribution is 2.40. The zero-order valence-corrected chi connectivity index (χ0v) is 9.58. The molecule has 16 heavy (non-hydrogen) atoms. The van der Waals surface area contributed by atoms with Crippen LogP contribution in [0.1, 0.15) is 29.9 Å². The van der Waals surface area contributed by atoms with E-state index >= 15 is 0 Å². The fraction of sp³-hybridized carbons (Fsp3) is 0.286. The Morgan fingerprint density at radius 1 is 1.12 bits per heavy atom. The van der Waals surface area contributed by atoms with Crippen molar-refractivity contribution in [2.24, 2.45) is 0 Å². The average molecular weight is 212 g/mol. The van der Waals surface area contributed by atoms with E-state index in [1.807, 2.05) is 13.8 Å². The molecule has 1 aliphatic rings. The number of nitrogens with zero attached hydrogens (tertiary/aromatic N) is 1. The third-order valence-electron chi connectivity index (χ3n) is 3.09. The Kier molecular flexibility index (Phi) is 2.10. The molecule has 2 nitrogen and oxygen atoms in total. The van der Waals surface area contributed by atoms with Crippen molar-refractivity contribution in [3.63, 3.8) is 0 Å². The largest absolute Gasteiger partial charge is 0.361 e. The molecule has 0 amide bonds. The van der Waals surface area contributed by atoms with Gasteiger partial charge < -0.3 is 4.52 Å². The van der Waals surface area contributed by atoms with Gasteiger partial charge in [-0.2, -0.15) is 0 Å². The highest BCUT2D eigenvalue weighted by Gasteiger charge is 2.24. The number of aromatic nitrogens is 1. The molecule has 0 N–H and O–H groups in total. The van der Waals surface area contributed by atoms with Gasteiger partial charge in [-0.1, -0.05) is 29.4 Å². The standard InChI is InChI=1S/C14H14NO/c1-9-14(10(2)16-15-9)13-5-3-4-12(8-13)11-6-7-11/h3-5,8H,6-7H2,1-2H3. The molecule has 0 aliphatic heterocycles. The van der Waals surface area contributed by atoms with Gasteiger partial charge >= 0.3 is 0 Å². The Morgan fingerprint density at radius 2 is 1.88 bits per heavy atom. The summed E-state index contributed by atoms with van der Waals surface area (Å²) in [6.45, 7) is 3.95. The topological polar surface area (TPSA) is 26.0 Å². The van der Waals surface area contributed by atoms with E-state index in [1.165, 1.54) is 24.0 Å². The van der Waals surface area contributed by atoms with Crippen molar-refractivity contribution >= 4 is 0 Å². The second-order valence-corrected chi connectivity index (χ2v) is 4.38. The Hall–Kier alpha value is -1.57. The minimum Gasteiger partial charge on any atom is -0.361 e. The van der Waals surface area contributed by atoms with Gasteiger partial charge in [0, 0.05) is 11.5 Å². The van der Waals surface area contributed by atoms with Crippen molar-refractivity contribution in [2.75, 3.05) is 0 Å². The highest BCUT2D eigenvalue weighted by molar-refractivity contribution is 5.69. The summed E-state index contributed by atoms with van der Waals surface area (Å²) < 4.78 is 5.21. The van der Waals surface area contributed by atoms with Crippen LogP contribution in [0.15, 0.2) is 28.8 Å². The maximum Gasteiger partial charge on any atom is 0.141 e. The molecule has 1 saturated carbocycles. The second kappa shape index (κ2) is 3.48. The summed E-state index contributed by atoms with van der Waals surface area (Å²) in [5.74, 6) is 2.46. The van der Waals surface area contributed by atoms with Gasteiger partial charge in [0.1, 0.15) is 5.76 Å². The maximum absolute atomic E-state index is 5.21. The molecule has 1 fully saturated rings. The van der Waals surface area contributed by atoms with E-state index in [2.05, 4.69) is 29.4 Å². The van der Waals surface area contributed by atoms with Crippen molar-refractivity contribution in [1.29, 1.82) is 0 Å². The van der Waals surface area contributed by atoms with Crippen LogP contribution in [0, 0.1) is 19.8 Å². The number of rotatable bonds is 2. The average Bonchev–Trinajstić information content (AvgIpc) is 3.07. The van der Waals surface area contributed by atoms with Gasteiger partial charge in [0.15, 0.2) is 0 Å². The quantitative estimate of drug-likeness (QED) is 0.759. The molecule has 81 valence electrons. The maximum atomic E-state index is 5.21. The molecule has 2 heteroatoms. The van der Waals surface area contributed by atoms with Crippen LogP contribution in [0.2, 0.25) is 0 Å². The molecular formula is C14H14NO. The summed E-state index contributed by atoms with van der Waals surface area (Å²) in [6.07, 6.45) is 2.51. The Morgan fingerprint density at radius 3 is 2.50 bits per heavy atom. The third-order valence-corrected chi connectivity index (χ3v) is 3.09. The molecule has 0 atom stereocenters. The van der Waals surface area contributed by atoms with E-state index in [0.717, 1.165) is 17.0 Å². The van der Waals surface area contributed by atoms with Gasteiger partial charge in [0.25, 0.3) is 0 Å². The Bertz CT molecular complexity index is 504. The monoisotopic (exact) mass is 212 g/mol. The lowest BCUT2D eigenvalue weighted by molar-refractivity contribution is 0.393. The Balaban J connectivity index is 2.08. The lowest BCUT2D eigenvalue weighted by Crippen LogP contribution is -1.85. The molecule has 1 aromatic carbocycles. The van der Waals surface area contributed by atoms with Gasteiger partial charge in [-0.3, -0.25) is 0 Å². The van der Waals surface area contributed by atoms with Crippen LogP contribution >= 0.6 is 0 Å². The van der Waals surface area contributed by atoms with Crippen molar-refractivity contribution in [1.82, 2.24) is 5.16 Å². The zero-order chi connectivity index (χ0) is 11.1. The summed E-state index contributed by atoms with van der Waals surface area (Å²) in [5, 5.41) is 4.00. The highest BCUT2D eigenvalue weighted by atomic mass is 16.5. The molecule has 0 unspecified atom stereocenters. The van der Waals surface area contributed by atoms with Crippen LogP contribution in [0.3, 0.4) is 0 Å². The lowest BCUT2D eigenvalue weighted by atomic mass is 10.00. The molecule has 3 rings (SSSR count). The first-order valence-corrected chi connectivity index (χ1v) is 5.64. The van der Waals surface area contributed by atoms with E-state index in [0.29, 0.717) is 0 Å². The molecule has 0 bridgehead atoms. The molecule has 0 saturated heterocycles. The van der Waals surface area contributed by atoms with Gasteiger partial charge in [0.05, 0.1) is 5.69 Å². The number of benzene rings is 1. The Labute approximate surface area is 95.3 Å². The van der Waals surface area contributed by atoms with Crippen molar-refractivity contribution < 1.29 is 4.52 Å².